The number of anilines is 1. The molecule has 0 saturated carbocycles. The highest BCUT2D eigenvalue weighted by atomic mass is 19.1. The minimum atomic E-state index is -0.911. The highest BCUT2D eigenvalue weighted by Gasteiger charge is 2.27. The second-order valence-electron chi connectivity index (χ2n) is 10.9. The summed E-state index contributed by atoms with van der Waals surface area (Å²) >= 11 is 0. The van der Waals surface area contributed by atoms with Crippen LogP contribution >= 0.6 is 0 Å². The smallest absolute Gasteiger partial charge is 0.407 e. The van der Waals surface area contributed by atoms with E-state index < -0.39 is 23.9 Å². The predicted molar refractivity (Wildman–Crippen MR) is 161 cm³/mol. The fourth-order valence-corrected chi connectivity index (χ4v) is 5.17. The zero-order valence-corrected chi connectivity index (χ0v) is 24.7. The quantitative estimate of drug-likeness (QED) is 0.212. The number of halogens is 3. The van der Waals surface area contributed by atoms with Crippen molar-refractivity contribution in [2.75, 3.05) is 25.1 Å². The van der Waals surface area contributed by atoms with Crippen LogP contribution in [0.3, 0.4) is 0 Å². The molecule has 236 valence electrons. The number of ether oxygens (including phenoxy) is 2. The summed E-state index contributed by atoms with van der Waals surface area (Å²) in [7, 11) is 0. The van der Waals surface area contributed by atoms with E-state index in [0.717, 1.165) is 17.5 Å². The number of hydrogen-bond acceptors (Lipinski definition) is 6. The molecule has 0 bridgehead atoms. The summed E-state index contributed by atoms with van der Waals surface area (Å²) in [6.45, 7) is 3.07. The van der Waals surface area contributed by atoms with Crippen molar-refractivity contribution in [3.05, 3.63) is 101 Å². The molecule has 1 aliphatic heterocycles. The molecule has 1 heterocycles. The van der Waals surface area contributed by atoms with E-state index in [1.54, 1.807) is 30.3 Å². The number of carbonyl (C=O) groups is 2. The van der Waals surface area contributed by atoms with E-state index in [4.69, 9.17) is 15.2 Å². The van der Waals surface area contributed by atoms with E-state index >= 15 is 0 Å². The summed E-state index contributed by atoms with van der Waals surface area (Å²) in [6, 6.07) is 15.2. The molecule has 8 nitrogen and oxygen atoms in total. The van der Waals surface area contributed by atoms with Gasteiger partial charge in [-0.2, -0.15) is 0 Å². The number of morpholine rings is 1. The molecule has 4 rings (SSSR count). The Labute approximate surface area is 255 Å². The van der Waals surface area contributed by atoms with Crippen molar-refractivity contribution in [2.24, 2.45) is 5.73 Å². The lowest BCUT2D eigenvalue weighted by Gasteiger charge is -2.30. The van der Waals surface area contributed by atoms with Crippen LogP contribution in [-0.2, 0) is 27.2 Å². The Morgan fingerprint density at radius 3 is 2.41 bits per heavy atom. The maximum atomic E-state index is 14.9. The van der Waals surface area contributed by atoms with Crippen molar-refractivity contribution in [1.82, 2.24) is 10.6 Å². The van der Waals surface area contributed by atoms with E-state index in [2.05, 4.69) is 16.0 Å². The second kappa shape index (κ2) is 16.2. The van der Waals surface area contributed by atoms with Gasteiger partial charge in [0.2, 0.25) is 5.91 Å². The number of alkyl carbamates (subject to hydrolysis) is 1. The zero-order valence-electron chi connectivity index (χ0n) is 24.7. The molecular formula is C33H39F3N4O4. The molecule has 0 unspecified atom stereocenters. The van der Waals surface area contributed by atoms with Crippen LogP contribution in [0.1, 0.15) is 48.8 Å². The number of benzene rings is 3. The fraction of sp³-hybridized carbons (Fsp3) is 0.394. The van der Waals surface area contributed by atoms with Gasteiger partial charge in [0.25, 0.3) is 0 Å². The third kappa shape index (κ3) is 9.54. The van der Waals surface area contributed by atoms with E-state index in [9.17, 15) is 22.8 Å². The molecule has 1 saturated heterocycles. The van der Waals surface area contributed by atoms with Crippen LogP contribution in [0.2, 0.25) is 0 Å². The highest BCUT2D eigenvalue weighted by Crippen LogP contribution is 2.27. The molecule has 0 radical (unpaired) electrons. The molecule has 2 amide bonds. The number of amides is 2. The molecule has 11 heteroatoms. The summed E-state index contributed by atoms with van der Waals surface area (Å²) in [4.78, 5) is 25.2. The fourth-order valence-electron chi connectivity index (χ4n) is 5.17. The van der Waals surface area contributed by atoms with Crippen molar-refractivity contribution in [2.45, 2.75) is 63.3 Å². The summed E-state index contributed by atoms with van der Waals surface area (Å²) in [5.41, 5.74) is 8.59. The van der Waals surface area contributed by atoms with Gasteiger partial charge >= 0.3 is 6.09 Å². The Hall–Kier alpha value is -3.93. The Morgan fingerprint density at radius 1 is 1.05 bits per heavy atom. The van der Waals surface area contributed by atoms with Crippen LogP contribution in [0.15, 0.2) is 66.7 Å². The molecule has 44 heavy (non-hydrogen) atoms. The molecule has 3 aromatic carbocycles. The van der Waals surface area contributed by atoms with Crippen molar-refractivity contribution >= 4 is 17.7 Å². The SMILES string of the molecule is CCC[C@@H](c1ccc(F)cc1)[C@H](N)C(=O)Nc1cccc(F)c1CC[C@@H]1CN[C@H](COC(=O)NCc2ccc(F)cc2)CO1. The van der Waals surface area contributed by atoms with Crippen molar-refractivity contribution < 1.29 is 32.2 Å². The lowest BCUT2D eigenvalue weighted by atomic mass is 9.87. The molecule has 4 atom stereocenters. The van der Waals surface area contributed by atoms with E-state index in [1.165, 1.54) is 36.4 Å². The Bertz CT molecular complexity index is 1370. The first-order valence-electron chi connectivity index (χ1n) is 14.8. The summed E-state index contributed by atoms with van der Waals surface area (Å²) in [5.74, 6) is -1.92. The molecule has 5 N–H and O–H groups in total. The zero-order chi connectivity index (χ0) is 31.5. The van der Waals surface area contributed by atoms with Gasteiger partial charge in [-0.25, -0.2) is 18.0 Å². The van der Waals surface area contributed by atoms with Gasteiger partial charge in [0, 0.05) is 30.3 Å². The average molecular weight is 613 g/mol. The summed E-state index contributed by atoms with van der Waals surface area (Å²) in [5, 5.41) is 8.72. The van der Waals surface area contributed by atoms with Crippen molar-refractivity contribution in [1.29, 1.82) is 0 Å². The maximum Gasteiger partial charge on any atom is 0.407 e. The number of rotatable bonds is 13. The van der Waals surface area contributed by atoms with Gasteiger partial charge in [0.1, 0.15) is 24.1 Å². The predicted octanol–water partition coefficient (Wildman–Crippen LogP) is 5.17. The molecule has 1 aliphatic rings. The van der Waals surface area contributed by atoms with Crippen LogP contribution < -0.4 is 21.7 Å². The van der Waals surface area contributed by atoms with E-state index in [0.29, 0.717) is 43.7 Å². The molecule has 0 aliphatic carbocycles. The number of nitrogens with two attached hydrogens (primary N) is 1. The number of carbonyl (C=O) groups excluding carboxylic acids is 2. The first kappa shape index (κ1) is 33.0. The first-order valence-corrected chi connectivity index (χ1v) is 14.8. The Morgan fingerprint density at radius 2 is 1.75 bits per heavy atom. The topological polar surface area (TPSA) is 115 Å². The second-order valence-corrected chi connectivity index (χ2v) is 10.9. The normalized spacial score (nSPS) is 17.8. The first-order chi connectivity index (χ1) is 21.2. The Balaban J connectivity index is 1.24. The van der Waals surface area contributed by atoms with Gasteiger partial charge in [-0.05, 0) is 66.8 Å². The monoisotopic (exact) mass is 612 g/mol. The van der Waals surface area contributed by atoms with Gasteiger partial charge < -0.3 is 31.2 Å². The standard InChI is InChI=1S/C33H39F3N4O4/c1-2-4-27(22-9-13-24(35)14-10-22)31(37)32(41)40-30-6-3-5-29(36)28(30)16-15-26-18-38-25(19-43-26)20-44-33(42)39-17-21-7-11-23(34)12-8-21/h3,5-14,25-27,31,38H,2,4,15-20,37H2,1H3,(H,39,42)(H,40,41)/t25-,26+,27-,31-/m0/s1. The van der Waals surface area contributed by atoms with Crippen LogP contribution in [0, 0.1) is 17.5 Å². The van der Waals surface area contributed by atoms with Crippen molar-refractivity contribution in [3.8, 4) is 0 Å². The lowest BCUT2D eigenvalue weighted by molar-refractivity contribution is -0.117. The van der Waals surface area contributed by atoms with Gasteiger partial charge in [0.15, 0.2) is 0 Å². The van der Waals surface area contributed by atoms with Crippen LogP contribution in [0.4, 0.5) is 23.7 Å². The molecule has 0 aromatic heterocycles. The van der Waals surface area contributed by atoms with Crippen LogP contribution in [0.5, 0.6) is 0 Å². The van der Waals surface area contributed by atoms with Gasteiger partial charge in [-0.15, -0.1) is 0 Å². The molecular weight excluding hydrogens is 573 g/mol. The summed E-state index contributed by atoms with van der Waals surface area (Å²) in [6.07, 6.45) is 1.41. The highest BCUT2D eigenvalue weighted by molar-refractivity contribution is 5.96. The van der Waals surface area contributed by atoms with Crippen LogP contribution in [-0.4, -0.2) is 49.9 Å². The molecule has 3 aromatic rings. The summed E-state index contributed by atoms with van der Waals surface area (Å²) < 4.78 is 52.6. The van der Waals surface area contributed by atoms with Gasteiger partial charge in [-0.1, -0.05) is 43.7 Å². The van der Waals surface area contributed by atoms with Gasteiger partial charge in [-0.3, -0.25) is 4.79 Å². The number of nitrogens with one attached hydrogen (secondary N) is 3. The third-order valence-corrected chi connectivity index (χ3v) is 7.66. The minimum absolute atomic E-state index is 0.0999. The van der Waals surface area contributed by atoms with E-state index in [1.807, 2.05) is 6.92 Å². The average Bonchev–Trinajstić information content (AvgIpc) is 3.03. The molecule has 0 spiro atoms. The third-order valence-electron chi connectivity index (χ3n) is 7.66. The lowest BCUT2D eigenvalue weighted by Crippen LogP contribution is -2.49. The van der Waals surface area contributed by atoms with Crippen molar-refractivity contribution in [3.63, 3.8) is 0 Å². The molecule has 1 fully saturated rings. The van der Waals surface area contributed by atoms with E-state index in [-0.39, 0.29) is 42.8 Å². The van der Waals surface area contributed by atoms with Gasteiger partial charge in [0.05, 0.1) is 24.8 Å². The number of hydrogen-bond donors (Lipinski definition) is 4. The Kier molecular flexibility index (Phi) is 12.2. The largest absolute Gasteiger partial charge is 0.448 e. The maximum absolute atomic E-state index is 14.9. The minimum Gasteiger partial charge on any atom is -0.448 e. The van der Waals surface area contributed by atoms with Crippen LogP contribution in [0.25, 0.3) is 0 Å².